The molecule has 0 radical (unpaired) electrons. The van der Waals surface area contributed by atoms with E-state index in [0.29, 0.717) is 12.8 Å². The topological polar surface area (TPSA) is 74.6 Å². The van der Waals surface area contributed by atoms with Gasteiger partial charge in [0.25, 0.3) is 0 Å². The second-order valence-electron chi connectivity index (χ2n) is 7.75. The van der Waals surface area contributed by atoms with Crippen molar-refractivity contribution >= 4 is 11.9 Å². The molecule has 2 N–H and O–H groups in total. The molecule has 0 spiro atoms. The lowest BCUT2D eigenvalue weighted by atomic mass is 9.73. The smallest absolute Gasteiger partial charge is 0.307 e. The van der Waals surface area contributed by atoms with E-state index in [1.807, 2.05) is 6.92 Å². The van der Waals surface area contributed by atoms with E-state index in [4.69, 9.17) is 0 Å². The molecule has 0 aliphatic rings. The zero-order chi connectivity index (χ0) is 17.3. The standard InChI is InChI=1S/C18H34O4/c1-6-7-8-9-10-11-14(16(19)20)15(17(21)22)13(2)12-18(3,4)5/h13-15H,6-12H2,1-5H3,(H,19,20)(H,21,22). The Morgan fingerprint density at radius 2 is 1.50 bits per heavy atom. The molecule has 0 aliphatic carbocycles. The van der Waals surface area contributed by atoms with Gasteiger partial charge >= 0.3 is 11.9 Å². The number of carbonyl (C=O) groups is 2. The van der Waals surface area contributed by atoms with E-state index in [2.05, 4.69) is 27.7 Å². The Morgan fingerprint density at radius 1 is 0.955 bits per heavy atom. The molecule has 0 aromatic rings. The van der Waals surface area contributed by atoms with Gasteiger partial charge in [-0.2, -0.15) is 0 Å². The van der Waals surface area contributed by atoms with Gasteiger partial charge in [-0.1, -0.05) is 66.7 Å². The molecule has 0 aromatic carbocycles. The minimum absolute atomic E-state index is 0.00268. The fourth-order valence-corrected chi connectivity index (χ4v) is 3.33. The highest BCUT2D eigenvalue weighted by Crippen LogP contribution is 2.34. The van der Waals surface area contributed by atoms with Gasteiger partial charge in [0.2, 0.25) is 0 Å². The van der Waals surface area contributed by atoms with Crippen molar-refractivity contribution in [1.29, 1.82) is 0 Å². The van der Waals surface area contributed by atoms with Gasteiger partial charge in [0.1, 0.15) is 0 Å². The molecule has 0 fully saturated rings. The Morgan fingerprint density at radius 3 is 1.91 bits per heavy atom. The van der Waals surface area contributed by atoms with Gasteiger partial charge in [-0.05, 0) is 24.2 Å². The number of rotatable bonds is 11. The predicted octanol–water partition coefficient (Wildman–Crippen LogP) is 4.82. The van der Waals surface area contributed by atoms with Crippen LogP contribution in [0.3, 0.4) is 0 Å². The van der Waals surface area contributed by atoms with Crippen LogP contribution in [0.2, 0.25) is 0 Å². The minimum Gasteiger partial charge on any atom is -0.481 e. The number of aliphatic carboxylic acids is 2. The van der Waals surface area contributed by atoms with Gasteiger partial charge in [0.05, 0.1) is 11.8 Å². The van der Waals surface area contributed by atoms with Crippen LogP contribution < -0.4 is 0 Å². The zero-order valence-electron chi connectivity index (χ0n) is 14.9. The van der Waals surface area contributed by atoms with E-state index in [-0.39, 0.29) is 11.3 Å². The van der Waals surface area contributed by atoms with E-state index in [1.165, 1.54) is 0 Å². The van der Waals surface area contributed by atoms with E-state index >= 15 is 0 Å². The third kappa shape index (κ3) is 8.40. The monoisotopic (exact) mass is 314 g/mol. The summed E-state index contributed by atoms with van der Waals surface area (Å²) in [5.41, 5.74) is -0.00268. The molecule has 0 saturated carbocycles. The average molecular weight is 314 g/mol. The first kappa shape index (κ1) is 20.9. The number of hydrogen-bond acceptors (Lipinski definition) is 2. The number of unbranched alkanes of at least 4 members (excludes halogenated alkanes) is 4. The van der Waals surface area contributed by atoms with E-state index in [9.17, 15) is 19.8 Å². The first-order valence-corrected chi connectivity index (χ1v) is 8.55. The quantitative estimate of drug-likeness (QED) is 0.536. The summed E-state index contributed by atoms with van der Waals surface area (Å²) in [6.45, 7) is 10.2. The maximum atomic E-state index is 11.6. The van der Waals surface area contributed by atoms with Crippen molar-refractivity contribution in [2.24, 2.45) is 23.2 Å². The van der Waals surface area contributed by atoms with Crippen LogP contribution in [0.25, 0.3) is 0 Å². The zero-order valence-corrected chi connectivity index (χ0v) is 14.9. The van der Waals surface area contributed by atoms with E-state index < -0.39 is 23.8 Å². The molecule has 4 nitrogen and oxygen atoms in total. The molecule has 22 heavy (non-hydrogen) atoms. The second-order valence-corrected chi connectivity index (χ2v) is 7.75. The first-order valence-electron chi connectivity index (χ1n) is 8.55. The van der Waals surface area contributed by atoms with E-state index in [0.717, 1.165) is 32.1 Å². The van der Waals surface area contributed by atoms with Crippen LogP contribution in [0, 0.1) is 23.2 Å². The molecule has 0 saturated heterocycles. The maximum Gasteiger partial charge on any atom is 0.307 e. The molecule has 0 bridgehead atoms. The Kier molecular flexibility index (Phi) is 9.38. The molecule has 3 atom stereocenters. The molecule has 4 heteroatoms. The highest BCUT2D eigenvalue weighted by Gasteiger charge is 2.38. The highest BCUT2D eigenvalue weighted by molar-refractivity contribution is 5.80. The molecule has 0 aromatic heterocycles. The summed E-state index contributed by atoms with van der Waals surface area (Å²) in [6.07, 6.45) is 6.34. The lowest BCUT2D eigenvalue weighted by Gasteiger charge is -2.30. The van der Waals surface area contributed by atoms with E-state index in [1.54, 1.807) is 0 Å². The normalized spacial score (nSPS) is 16.0. The SMILES string of the molecule is CCCCCCCC(C(=O)O)C(C(=O)O)C(C)CC(C)(C)C. The summed E-state index contributed by atoms with van der Waals surface area (Å²) in [6, 6.07) is 0. The number of carboxylic acids is 2. The van der Waals surface area contributed by atoms with Crippen molar-refractivity contribution < 1.29 is 19.8 Å². The predicted molar refractivity (Wildman–Crippen MR) is 88.9 cm³/mol. The van der Waals surface area contributed by atoms with Gasteiger partial charge < -0.3 is 10.2 Å². The fourth-order valence-electron chi connectivity index (χ4n) is 3.33. The molecular formula is C18H34O4. The molecular weight excluding hydrogens is 280 g/mol. The lowest BCUT2D eigenvalue weighted by molar-refractivity contribution is -0.156. The fraction of sp³-hybridized carbons (Fsp3) is 0.889. The molecule has 3 unspecified atom stereocenters. The summed E-state index contributed by atoms with van der Waals surface area (Å²) in [4.78, 5) is 23.2. The van der Waals surface area contributed by atoms with Crippen LogP contribution >= 0.6 is 0 Å². The minimum atomic E-state index is -0.974. The molecule has 0 aliphatic heterocycles. The second kappa shape index (κ2) is 9.86. The number of hydrogen-bond donors (Lipinski definition) is 2. The Balaban J connectivity index is 4.81. The van der Waals surface area contributed by atoms with Crippen LogP contribution in [-0.2, 0) is 9.59 Å². The maximum absolute atomic E-state index is 11.6. The molecule has 130 valence electrons. The summed E-state index contributed by atoms with van der Waals surface area (Å²) in [5, 5.41) is 19.0. The van der Waals surface area contributed by atoms with Crippen LogP contribution in [0.4, 0.5) is 0 Å². The summed E-state index contributed by atoms with van der Waals surface area (Å²) in [7, 11) is 0. The van der Waals surface area contributed by atoms with Crippen LogP contribution in [0.15, 0.2) is 0 Å². The van der Waals surface area contributed by atoms with Crippen molar-refractivity contribution in [3.8, 4) is 0 Å². The Bertz CT molecular complexity index is 343. The van der Waals surface area contributed by atoms with Crippen molar-refractivity contribution in [2.75, 3.05) is 0 Å². The number of carboxylic acid groups (broad SMARTS) is 2. The molecule has 0 rings (SSSR count). The average Bonchev–Trinajstić information content (AvgIpc) is 2.33. The third-order valence-corrected chi connectivity index (χ3v) is 4.20. The van der Waals surface area contributed by atoms with Gasteiger partial charge in [-0.25, -0.2) is 0 Å². The third-order valence-electron chi connectivity index (χ3n) is 4.20. The van der Waals surface area contributed by atoms with Crippen LogP contribution in [0.5, 0.6) is 0 Å². The van der Waals surface area contributed by atoms with Crippen LogP contribution in [-0.4, -0.2) is 22.2 Å². The largest absolute Gasteiger partial charge is 0.481 e. The van der Waals surface area contributed by atoms with Gasteiger partial charge in [-0.3, -0.25) is 9.59 Å². The van der Waals surface area contributed by atoms with Crippen LogP contribution in [0.1, 0.15) is 79.6 Å². The van der Waals surface area contributed by atoms with Crippen molar-refractivity contribution in [3.63, 3.8) is 0 Å². The van der Waals surface area contributed by atoms with Gasteiger partial charge in [0.15, 0.2) is 0 Å². The van der Waals surface area contributed by atoms with Crippen molar-refractivity contribution in [3.05, 3.63) is 0 Å². The summed E-state index contributed by atoms with van der Waals surface area (Å²) >= 11 is 0. The summed E-state index contributed by atoms with van der Waals surface area (Å²) in [5.74, 6) is -3.67. The Hall–Kier alpha value is -1.06. The summed E-state index contributed by atoms with van der Waals surface area (Å²) < 4.78 is 0. The highest BCUT2D eigenvalue weighted by atomic mass is 16.4. The molecule has 0 amide bonds. The van der Waals surface area contributed by atoms with Gasteiger partial charge in [0, 0.05) is 0 Å². The van der Waals surface area contributed by atoms with Crippen molar-refractivity contribution in [2.45, 2.75) is 79.6 Å². The van der Waals surface area contributed by atoms with Crippen molar-refractivity contribution in [1.82, 2.24) is 0 Å². The molecule has 0 heterocycles. The van der Waals surface area contributed by atoms with Gasteiger partial charge in [-0.15, -0.1) is 0 Å². The first-order chi connectivity index (χ1) is 10.1. The Labute approximate surface area is 135 Å². The lowest BCUT2D eigenvalue weighted by Crippen LogP contribution is -2.36.